The van der Waals surface area contributed by atoms with Gasteiger partial charge in [-0.1, -0.05) is 12.8 Å². The Morgan fingerprint density at radius 2 is 2.00 bits per heavy atom. The molecule has 6 heteroatoms. The number of halogens is 1. The number of likely N-dealkylation sites (tertiary alicyclic amines) is 1. The van der Waals surface area contributed by atoms with Crippen LogP contribution in [0.5, 0.6) is 0 Å². The second-order valence-electron chi connectivity index (χ2n) is 5.16. The second kappa shape index (κ2) is 6.70. The van der Waals surface area contributed by atoms with Crippen molar-refractivity contribution >= 4 is 39.0 Å². The molecular weight excluding hydrogens is 292 g/mol. The summed E-state index contributed by atoms with van der Waals surface area (Å²) in [6.45, 7) is 4.41. The maximum absolute atomic E-state index is 5.96. The minimum atomic E-state index is 0.317. The quantitative estimate of drug-likeness (QED) is 0.876. The Balaban J connectivity index is 1.60. The average molecular weight is 311 g/mol. The molecule has 0 saturated carbocycles. The van der Waals surface area contributed by atoms with Gasteiger partial charge in [-0.15, -0.1) is 11.3 Å². The highest BCUT2D eigenvalue weighted by Gasteiger charge is 2.10. The molecule has 0 aromatic carbocycles. The molecule has 2 aromatic heterocycles. The first-order valence-electron chi connectivity index (χ1n) is 7.20. The van der Waals surface area contributed by atoms with Crippen LogP contribution in [0.15, 0.2) is 11.4 Å². The van der Waals surface area contributed by atoms with Gasteiger partial charge in [0.2, 0.25) is 5.28 Å². The summed E-state index contributed by atoms with van der Waals surface area (Å²) < 4.78 is 0. The SMILES string of the molecule is Clc1nc(NCCN2CCCCCC2)c2ccsc2n1. The monoisotopic (exact) mass is 310 g/mol. The van der Waals surface area contributed by atoms with Crippen molar-refractivity contribution in [3.63, 3.8) is 0 Å². The largest absolute Gasteiger partial charge is 0.368 e. The molecule has 0 aliphatic carbocycles. The van der Waals surface area contributed by atoms with E-state index in [1.54, 1.807) is 11.3 Å². The standard InChI is InChI=1S/C14H19ClN4S/c15-14-17-12(11-5-10-20-13(11)18-14)16-6-9-19-7-3-1-2-4-8-19/h5,10H,1-4,6-9H2,(H,16,17,18). The van der Waals surface area contributed by atoms with Crippen LogP contribution in [0.2, 0.25) is 5.28 Å². The zero-order chi connectivity index (χ0) is 13.8. The molecular formula is C14H19ClN4S. The van der Waals surface area contributed by atoms with Gasteiger partial charge in [-0.25, -0.2) is 9.97 Å². The highest BCUT2D eigenvalue weighted by molar-refractivity contribution is 7.16. The molecule has 0 amide bonds. The summed E-state index contributed by atoms with van der Waals surface area (Å²) in [7, 11) is 0. The van der Waals surface area contributed by atoms with Crippen LogP contribution in [0, 0.1) is 0 Å². The molecule has 0 atom stereocenters. The van der Waals surface area contributed by atoms with E-state index >= 15 is 0 Å². The van der Waals surface area contributed by atoms with Gasteiger partial charge >= 0.3 is 0 Å². The Hall–Kier alpha value is -0.910. The van der Waals surface area contributed by atoms with E-state index in [9.17, 15) is 0 Å². The van der Waals surface area contributed by atoms with Gasteiger partial charge in [0, 0.05) is 13.1 Å². The predicted octanol–water partition coefficient (Wildman–Crippen LogP) is 3.63. The number of fused-ring (bicyclic) bond motifs is 1. The average Bonchev–Trinajstić information content (AvgIpc) is 2.74. The van der Waals surface area contributed by atoms with Crippen molar-refractivity contribution in [2.45, 2.75) is 25.7 Å². The lowest BCUT2D eigenvalue weighted by molar-refractivity contribution is 0.296. The second-order valence-corrected chi connectivity index (χ2v) is 6.40. The Kier molecular flexibility index (Phi) is 4.70. The van der Waals surface area contributed by atoms with E-state index in [0.717, 1.165) is 29.1 Å². The Labute approximate surface area is 128 Å². The highest BCUT2D eigenvalue weighted by Crippen LogP contribution is 2.26. The molecule has 1 saturated heterocycles. The van der Waals surface area contributed by atoms with Gasteiger partial charge in [0.1, 0.15) is 10.6 Å². The maximum atomic E-state index is 5.96. The zero-order valence-corrected chi connectivity index (χ0v) is 13.0. The molecule has 4 nitrogen and oxygen atoms in total. The van der Waals surface area contributed by atoms with Crippen molar-refractivity contribution in [1.82, 2.24) is 14.9 Å². The number of rotatable bonds is 4. The van der Waals surface area contributed by atoms with Crippen LogP contribution < -0.4 is 5.32 Å². The first-order valence-corrected chi connectivity index (χ1v) is 8.46. The van der Waals surface area contributed by atoms with Gasteiger partial charge in [-0.2, -0.15) is 0 Å². The highest BCUT2D eigenvalue weighted by atomic mass is 35.5. The van der Waals surface area contributed by atoms with Gasteiger partial charge in [0.25, 0.3) is 0 Å². The third-order valence-electron chi connectivity index (χ3n) is 3.72. The van der Waals surface area contributed by atoms with E-state index in [4.69, 9.17) is 11.6 Å². The van der Waals surface area contributed by atoms with Gasteiger partial charge in [-0.3, -0.25) is 0 Å². The molecule has 3 rings (SSSR count). The smallest absolute Gasteiger partial charge is 0.225 e. The number of nitrogens with one attached hydrogen (secondary N) is 1. The zero-order valence-electron chi connectivity index (χ0n) is 11.4. The molecule has 20 heavy (non-hydrogen) atoms. The number of hydrogen-bond acceptors (Lipinski definition) is 5. The maximum Gasteiger partial charge on any atom is 0.225 e. The first-order chi connectivity index (χ1) is 9.83. The van der Waals surface area contributed by atoms with Crippen LogP contribution in [-0.4, -0.2) is 41.0 Å². The van der Waals surface area contributed by atoms with E-state index in [-0.39, 0.29) is 0 Å². The molecule has 3 heterocycles. The Morgan fingerprint density at radius 1 is 1.20 bits per heavy atom. The van der Waals surface area contributed by atoms with Crippen molar-refractivity contribution in [3.05, 3.63) is 16.7 Å². The molecule has 108 valence electrons. The number of aromatic nitrogens is 2. The van der Waals surface area contributed by atoms with Crippen molar-refractivity contribution in [2.24, 2.45) is 0 Å². The molecule has 0 spiro atoms. The van der Waals surface area contributed by atoms with Gasteiger partial charge in [0.15, 0.2) is 0 Å². The van der Waals surface area contributed by atoms with E-state index in [1.807, 2.05) is 11.4 Å². The fraction of sp³-hybridized carbons (Fsp3) is 0.571. The van der Waals surface area contributed by atoms with Crippen LogP contribution in [0.25, 0.3) is 10.2 Å². The molecule has 0 bridgehead atoms. The summed E-state index contributed by atoms with van der Waals surface area (Å²) in [5, 5.41) is 6.82. The number of hydrogen-bond donors (Lipinski definition) is 1. The summed E-state index contributed by atoms with van der Waals surface area (Å²) in [5.41, 5.74) is 0. The third kappa shape index (κ3) is 3.40. The summed E-state index contributed by atoms with van der Waals surface area (Å²) in [6, 6.07) is 2.05. The normalized spacial score (nSPS) is 17.2. The minimum absolute atomic E-state index is 0.317. The summed E-state index contributed by atoms with van der Waals surface area (Å²) in [6.07, 6.45) is 5.41. The summed E-state index contributed by atoms with van der Waals surface area (Å²) >= 11 is 7.56. The third-order valence-corrected chi connectivity index (χ3v) is 4.69. The molecule has 1 fully saturated rings. The van der Waals surface area contributed by atoms with Crippen LogP contribution in [-0.2, 0) is 0 Å². The fourth-order valence-electron chi connectivity index (χ4n) is 2.66. The van der Waals surface area contributed by atoms with Crippen molar-refractivity contribution in [1.29, 1.82) is 0 Å². The van der Waals surface area contributed by atoms with Gasteiger partial charge in [-0.05, 0) is 49.0 Å². The van der Waals surface area contributed by atoms with E-state index in [2.05, 4.69) is 20.2 Å². The molecule has 0 radical (unpaired) electrons. The summed E-state index contributed by atoms with van der Waals surface area (Å²) in [5.74, 6) is 0.857. The minimum Gasteiger partial charge on any atom is -0.368 e. The van der Waals surface area contributed by atoms with Crippen molar-refractivity contribution < 1.29 is 0 Å². The predicted molar refractivity (Wildman–Crippen MR) is 85.8 cm³/mol. The first kappa shape index (κ1) is 14.0. The van der Waals surface area contributed by atoms with Crippen molar-refractivity contribution in [3.8, 4) is 0 Å². The molecule has 1 aliphatic rings. The van der Waals surface area contributed by atoms with Crippen LogP contribution in [0.4, 0.5) is 5.82 Å². The van der Waals surface area contributed by atoms with Crippen molar-refractivity contribution in [2.75, 3.05) is 31.5 Å². The molecule has 2 aromatic rings. The fourth-order valence-corrected chi connectivity index (χ4v) is 3.64. The number of thiophene rings is 1. The number of anilines is 1. The molecule has 0 unspecified atom stereocenters. The van der Waals surface area contributed by atoms with Crippen LogP contribution in [0.3, 0.4) is 0 Å². The summed E-state index contributed by atoms with van der Waals surface area (Å²) in [4.78, 5) is 12.0. The van der Waals surface area contributed by atoms with E-state index < -0.39 is 0 Å². The lowest BCUT2D eigenvalue weighted by atomic mass is 10.2. The Bertz CT molecular complexity index is 563. The van der Waals surface area contributed by atoms with Crippen LogP contribution >= 0.6 is 22.9 Å². The molecule has 1 aliphatic heterocycles. The van der Waals surface area contributed by atoms with Gasteiger partial charge in [0.05, 0.1) is 5.39 Å². The van der Waals surface area contributed by atoms with E-state index in [1.165, 1.54) is 38.8 Å². The lowest BCUT2D eigenvalue weighted by Crippen LogP contribution is -2.30. The molecule has 1 N–H and O–H groups in total. The lowest BCUT2D eigenvalue weighted by Gasteiger charge is -2.20. The van der Waals surface area contributed by atoms with Crippen LogP contribution in [0.1, 0.15) is 25.7 Å². The Morgan fingerprint density at radius 3 is 2.80 bits per heavy atom. The van der Waals surface area contributed by atoms with Gasteiger partial charge < -0.3 is 10.2 Å². The topological polar surface area (TPSA) is 41.1 Å². The van der Waals surface area contributed by atoms with E-state index in [0.29, 0.717) is 5.28 Å². The number of nitrogens with zero attached hydrogens (tertiary/aromatic N) is 3.